The number of thiazole rings is 1. The van der Waals surface area contributed by atoms with E-state index >= 15 is 0 Å². The maximum absolute atomic E-state index is 12.8. The number of nitrogens with one attached hydrogen (secondary N) is 3. The Kier molecular flexibility index (Phi) is 8.11. The number of hydrogen-bond acceptors (Lipinski definition) is 9. The fourth-order valence-corrected chi connectivity index (χ4v) is 6.82. The molecule has 1 aliphatic rings. The molecule has 0 radical (unpaired) electrons. The average Bonchev–Trinajstić information content (AvgIpc) is 3.48. The first-order chi connectivity index (χ1) is 18.1. The van der Waals surface area contributed by atoms with Gasteiger partial charge in [-0.05, 0) is 49.2 Å². The van der Waals surface area contributed by atoms with Crippen LogP contribution in [0.3, 0.4) is 0 Å². The number of fused-ring (bicyclic) bond motifs is 2. The van der Waals surface area contributed by atoms with Gasteiger partial charge >= 0.3 is 0 Å². The highest BCUT2D eigenvalue weighted by molar-refractivity contribution is 7.23. The monoisotopic (exact) mass is 537 g/mol. The maximum atomic E-state index is 12.8. The summed E-state index contributed by atoms with van der Waals surface area (Å²) in [6.45, 7) is 5.70. The summed E-state index contributed by atoms with van der Waals surface area (Å²) in [7, 11) is 3.30. The van der Waals surface area contributed by atoms with Gasteiger partial charge in [0.2, 0.25) is 11.8 Å². The predicted molar refractivity (Wildman–Crippen MR) is 151 cm³/mol. The summed E-state index contributed by atoms with van der Waals surface area (Å²) in [6, 6.07) is 10.3. The maximum Gasteiger partial charge on any atom is 0.226 e. The number of aryl methyl sites for hydroxylation is 1. The van der Waals surface area contributed by atoms with Crippen LogP contribution in [0.15, 0.2) is 30.3 Å². The van der Waals surface area contributed by atoms with Crippen LogP contribution in [0.2, 0.25) is 0 Å². The van der Waals surface area contributed by atoms with E-state index in [0.717, 1.165) is 68.7 Å². The number of benzene rings is 1. The van der Waals surface area contributed by atoms with Crippen molar-refractivity contribution in [2.24, 2.45) is 0 Å². The summed E-state index contributed by atoms with van der Waals surface area (Å²) in [5.41, 5.74) is 6.36. The molecule has 0 atom stereocenters. The molecule has 0 saturated carbocycles. The minimum atomic E-state index is 0.00333. The first-order valence-corrected chi connectivity index (χ1v) is 14.0. The van der Waals surface area contributed by atoms with Crippen molar-refractivity contribution < 1.29 is 14.3 Å². The van der Waals surface area contributed by atoms with Crippen molar-refractivity contribution in [1.29, 1.82) is 0 Å². The van der Waals surface area contributed by atoms with Crippen LogP contribution in [0.1, 0.15) is 22.6 Å². The summed E-state index contributed by atoms with van der Waals surface area (Å²) in [5.74, 6) is 0.610. The van der Waals surface area contributed by atoms with Crippen molar-refractivity contribution in [2.45, 2.75) is 26.3 Å². The van der Waals surface area contributed by atoms with Crippen molar-refractivity contribution in [2.75, 3.05) is 45.8 Å². The Bertz CT molecular complexity index is 1410. The molecular weight excluding hydrogens is 506 g/mol. The molecule has 5 rings (SSSR count). The number of pyridine rings is 1. The Morgan fingerprint density at radius 3 is 2.84 bits per heavy atom. The molecule has 0 saturated heterocycles. The summed E-state index contributed by atoms with van der Waals surface area (Å²) in [5, 5.41) is 11.7. The highest BCUT2D eigenvalue weighted by Gasteiger charge is 2.25. The molecular formula is C27H31N5O3S2. The molecule has 0 bridgehead atoms. The van der Waals surface area contributed by atoms with Gasteiger partial charge in [-0.1, -0.05) is 6.07 Å². The lowest BCUT2D eigenvalue weighted by molar-refractivity contribution is -0.116. The van der Waals surface area contributed by atoms with Crippen LogP contribution in [0, 0.1) is 6.92 Å². The highest BCUT2D eigenvalue weighted by atomic mass is 32.1. The summed E-state index contributed by atoms with van der Waals surface area (Å²) in [4.78, 5) is 23.6. The van der Waals surface area contributed by atoms with Gasteiger partial charge in [0.05, 0.1) is 23.9 Å². The third-order valence-corrected chi connectivity index (χ3v) is 8.58. The van der Waals surface area contributed by atoms with Crippen molar-refractivity contribution in [3.63, 3.8) is 0 Å². The van der Waals surface area contributed by atoms with Gasteiger partial charge < -0.3 is 25.4 Å². The van der Waals surface area contributed by atoms with Crippen LogP contribution < -0.4 is 20.7 Å². The van der Waals surface area contributed by atoms with E-state index in [9.17, 15) is 4.79 Å². The number of anilines is 1. The lowest BCUT2D eigenvalue weighted by Crippen LogP contribution is -2.24. The smallest absolute Gasteiger partial charge is 0.226 e. The molecule has 194 valence electrons. The number of nitrogens with zero attached hydrogens (tertiary/aromatic N) is 2. The summed E-state index contributed by atoms with van der Waals surface area (Å²) in [6.07, 6.45) is 1.33. The van der Waals surface area contributed by atoms with E-state index in [1.54, 1.807) is 36.9 Å². The van der Waals surface area contributed by atoms with E-state index in [2.05, 4.69) is 39.1 Å². The summed E-state index contributed by atoms with van der Waals surface area (Å²) >= 11 is 3.33. The zero-order valence-electron chi connectivity index (χ0n) is 21.3. The Balaban J connectivity index is 1.44. The Labute approximate surface area is 224 Å². The molecule has 0 unspecified atom stereocenters. The largest absolute Gasteiger partial charge is 0.481 e. The zero-order valence-corrected chi connectivity index (χ0v) is 22.9. The Hall–Kier alpha value is -2.89. The topological polar surface area (TPSA) is 97.4 Å². The van der Waals surface area contributed by atoms with Crippen molar-refractivity contribution >= 4 is 43.8 Å². The van der Waals surface area contributed by atoms with E-state index in [1.165, 1.54) is 10.4 Å². The second-order valence-corrected chi connectivity index (χ2v) is 11.0. The third kappa shape index (κ3) is 5.68. The number of methoxy groups -OCH3 is 2. The number of thiophene rings is 1. The molecule has 4 heterocycles. The molecule has 3 aromatic heterocycles. The molecule has 1 aliphatic heterocycles. The first kappa shape index (κ1) is 25.7. The number of amides is 1. The van der Waals surface area contributed by atoms with Gasteiger partial charge in [0.1, 0.15) is 10.0 Å². The molecule has 0 aliphatic carbocycles. The molecule has 8 nitrogen and oxygen atoms in total. The molecule has 0 fully saturated rings. The SMILES string of the molecule is COCCNCCC(=O)Nc1sc2c(c1-c1nc3cc(-c4ccc(OC)nc4C)ccc3s1)CCNC2. The van der Waals surface area contributed by atoms with Crippen molar-refractivity contribution in [3.05, 3.63) is 46.5 Å². The number of aromatic nitrogens is 2. The first-order valence-electron chi connectivity index (χ1n) is 12.3. The normalized spacial score (nSPS) is 13.1. The molecule has 1 amide bonds. The van der Waals surface area contributed by atoms with Crippen molar-refractivity contribution in [3.8, 4) is 27.6 Å². The Morgan fingerprint density at radius 2 is 2.03 bits per heavy atom. The van der Waals surface area contributed by atoms with E-state index in [1.807, 2.05) is 19.1 Å². The number of rotatable bonds is 10. The van der Waals surface area contributed by atoms with Crippen LogP contribution in [0.25, 0.3) is 31.9 Å². The Morgan fingerprint density at radius 1 is 1.14 bits per heavy atom. The van der Waals surface area contributed by atoms with E-state index in [4.69, 9.17) is 14.5 Å². The number of carbonyl (C=O) groups is 1. The number of ether oxygens (including phenoxy) is 2. The second kappa shape index (κ2) is 11.7. The molecule has 10 heteroatoms. The predicted octanol–water partition coefficient (Wildman–Crippen LogP) is 4.61. The second-order valence-electron chi connectivity index (χ2n) is 8.86. The van der Waals surface area contributed by atoms with E-state index < -0.39 is 0 Å². The van der Waals surface area contributed by atoms with Gasteiger partial charge in [-0.2, -0.15) is 0 Å². The fraction of sp³-hybridized carbons (Fsp3) is 0.370. The van der Waals surface area contributed by atoms with Crippen molar-refractivity contribution in [1.82, 2.24) is 20.6 Å². The lowest BCUT2D eigenvalue weighted by atomic mass is 10.0. The molecule has 0 spiro atoms. The molecule has 1 aromatic carbocycles. The molecule has 3 N–H and O–H groups in total. The quantitative estimate of drug-likeness (QED) is 0.254. The van der Waals surface area contributed by atoms with E-state index in [0.29, 0.717) is 25.5 Å². The van der Waals surface area contributed by atoms with Gasteiger partial charge in [-0.3, -0.25) is 4.79 Å². The number of hydrogen-bond donors (Lipinski definition) is 3. The number of carbonyl (C=O) groups excluding carboxylic acids is 1. The minimum Gasteiger partial charge on any atom is -0.481 e. The van der Waals surface area contributed by atoms with Gasteiger partial charge in [-0.25, -0.2) is 9.97 Å². The van der Waals surface area contributed by atoms with Crippen LogP contribution in [-0.4, -0.2) is 56.3 Å². The van der Waals surface area contributed by atoms with Gasteiger partial charge in [-0.15, -0.1) is 22.7 Å². The summed E-state index contributed by atoms with van der Waals surface area (Å²) < 4.78 is 11.4. The minimum absolute atomic E-state index is 0.00333. The van der Waals surface area contributed by atoms with Gasteiger partial charge in [0.25, 0.3) is 0 Å². The average molecular weight is 538 g/mol. The van der Waals surface area contributed by atoms with Crippen LogP contribution in [0.5, 0.6) is 5.88 Å². The van der Waals surface area contributed by atoms with Gasteiger partial charge in [0.15, 0.2) is 0 Å². The lowest BCUT2D eigenvalue weighted by Gasteiger charge is -2.13. The standard InChI is InChI=1S/C27H31N5O3S2/c1-16-18(5-7-24(30-16)35-3)17-4-6-21-20(14-17)31-26(36-21)25-19-8-10-29-15-22(19)37-27(25)32-23(33)9-11-28-12-13-34-2/h4-7,14,28-29H,8-13,15H2,1-3H3,(H,32,33). The third-order valence-electron chi connectivity index (χ3n) is 6.37. The highest BCUT2D eigenvalue weighted by Crippen LogP contribution is 2.45. The van der Waals surface area contributed by atoms with Crippen LogP contribution in [0.4, 0.5) is 5.00 Å². The van der Waals surface area contributed by atoms with Crippen LogP contribution >= 0.6 is 22.7 Å². The molecule has 37 heavy (non-hydrogen) atoms. The fourth-order valence-electron chi connectivity index (χ4n) is 4.50. The van der Waals surface area contributed by atoms with Gasteiger partial charge in [0, 0.05) is 60.9 Å². The van der Waals surface area contributed by atoms with E-state index in [-0.39, 0.29) is 5.91 Å². The zero-order chi connectivity index (χ0) is 25.8. The van der Waals surface area contributed by atoms with Crippen LogP contribution in [-0.2, 0) is 22.5 Å². The molecule has 4 aromatic rings.